The quantitative estimate of drug-likeness (QED) is 0.0232. The van der Waals surface area contributed by atoms with E-state index in [2.05, 4.69) is 5.32 Å². The molecule has 12 amide bonds. The summed E-state index contributed by atoms with van der Waals surface area (Å²) in [6, 6.07) is 53.6. The molecule has 0 saturated carbocycles. The van der Waals surface area contributed by atoms with Gasteiger partial charge in [0, 0.05) is 98.2 Å². The van der Waals surface area contributed by atoms with Gasteiger partial charge < -0.3 is 97.5 Å². The van der Waals surface area contributed by atoms with Crippen molar-refractivity contribution in [1.82, 2.24) is 59.2 Å². The third-order valence-corrected chi connectivity index (χ3v) is 19.7. The molecule has 34 heteroatoms. The summed E-state index contributed by atoms with van der Waals surface area (Å²) >= 11 is 0. The normalized spacial score (nSPS) is 10.8. The van der Waals surface area contributed by atoms with E-state index < -0.39 is 194 Å². The van der Waals surface area contributed by atoms with Gasteiger partial charge in [0.05, 0.1) is 97.8 Å². The molecular weight excluding hydrogens is 1560 g/mol. The average molecular weight is 1670 g/mol. The summed E-state index contributed by atoms with van der Waals surface area (Å²) in [4.78, 5) is 223. The smallest absolute Gasteiger partial charge is 0.305 e. The Balaban J connectivity index is 1.27. The predicted molar refractivity (Wildman–Crippen MR) is 449 cm³/mol. The number of nitrogens with zero attached hydrogens (tertiary/aromatic N) is 11. The van der Waals surface area contributed by atoms with Crippen LogP contribution in [0.2, 0.25) is 0 Å². The number of nitrogens with one attached hydrogen (secondary N) is 1. The van der Waals surface area contributed by atoms with Crippen molar-refractivity contribution >= 4 is 88.8 Å². The number of primary amides is 1. The molecule has 0 aliphatic rings. The Labute approximate surface area is 704 Å². The zero-order valence-electron chi connectivity index (χ0n) is 68.5. The highest BCUT2D eigenvalue weighted by atomic mass is 16.4. The Bertz CT molecular complexity index is 4320. The Morgan fingerprint density at radius 1 is 0.231 bits per heavy atom. The standard InChI is InChI=1S/C87H114N16O18/c88-40-43-92-55-74(105)94(45-32-68-21-9-2-10-22-68)57-83(114)102(53-41-89)65-82(113)98(49-36-72-29-17-6-18-30-72)64-84(115)103(54-42-90)66-81(112)97(48-35-71-27-15-5-16-28-71)61-80(111)101(52-39-87(120)121)63-77(108)96(47-34-70-25-13-4-14-26-70)60-79(110)100(51-38-86(118)119)62-76(107)95(46-33-69-23-11-3-12-24-69)59-78(109)99(50-37-85(116)117)58-75(106)93(56-73(91)104)44-31-67-19-7-1-8-20-67/h1-30,92H,31-66,88-90H2,(H2,91,104)(H,116,117)(H,118,119)(H,120,121). The molecular formula is C87H114N16O18. The molecule has 650 valence electrons. The molecule has 6 aromatic rings. The molecule has 6 aromatic carbocycles. The molecule has 12 N–H and O–H groups in total. The number of carboxylic acids is 3. The number of nitrogens with two attached hydrogens (primary N) is 4. The first-order valence-corrected chi connectivity index (χ1v) is 40.3. The molecule has 121 heavy (non-hydrogen) atoms. The summed E-state index contributed by atoms with van der Waals surface area (Å²) in [6.07, 6.45) is -0.811. The number of hydrogen-bond donors (Lipinski definition) is 8. The predicted octanol–water partition coefficient (Wildman–Crippen LogP) is -0.0677. The van der Waals surface area contributed by atoms with Gasteiger partial charge in [0.25, 0.3) is 0 Å². The molecule has 0 aliphatic heterocycles. The minimum atomic E-state index is -1.39. The van der Waals surface area contributed by atoms with Gasteiger partial charge in [0.1, 0.15) is 0 Å². The molecule has 0 unspecified atom stereocenters. The van der Waals surface area contributed by atoms with Crippen LogP contribution in [0, 0.1) is 0 Å². The Morgan fingerprint density at radius 3 is 0.579 bits per heavy atom. The fourth-order valence-electron chi connectivity index (χ4n) is 12.9. The number of hydrogen-bond acceptors (Lipinski definition) is 19. The number of rotatable bonds is 57. The van der Waals surface area contributed by atoms with Crippen molar-refractivity contribution in [3.8, 4) is 0 Å². The van der Waals surface area contributed by atoms with Crippen LogP contribution in [0.3, 0.4) is 0 Å². The van der Waals surface area contributed by atoms with Crippen LogP contribution in [0.25, 0.3) is 0 Å². The van der Waals surface area contributed by atoms with Gasteiger partial charge in [0.2, 0.25) is 70.9 Å². The molecule has 0 atom stereocenters. The van der Waals surface area contributed by atoms with Crippen LogP contribution in [0.1, 0.15) is 52.6 Å². The minimum absolute atomic E-state index is 0.0142. The lowest BCUT2D eigenvalue weighted by atomic mass is 10.1. The van der Waals surface area contributed by atoms with Gasteiger partial charge >= 0.3 is 17.9 Å². The van der Waals surface area contributed by atoms with Crippen LogP contribution in [-0.2, 0) is 110 Å². The minimum Gasteiger partial charge on any atom is -0.481 e. The van der Waals surface area contributed by atoms with Crippen LogP contribution in [-0.4, -0.2) is 335 Å². The van der Waals surface area contributed by atoms with E-state index in [0.717, 1.165) is 61.5 Å². The molecule has 0 aromatic heterocycles. The summed E-state index contributed by atoms with van der Waals surface area (Å²) in [5.74, 6) is -13.6. The van der Waals surface area contributed by atoms with Gasteiger partial charge in [-0.3, -0.25) is 71.9 Å². The first-order chi connectivity index (χ1) is 58.2. The van der Waals surface area contributed by atoms with E-state index in [1.165, 1.54) is 14.7 Å². The highest BCUT2D eigenvalue weighted by molar-refractivity contribution is 5.95. The van der Waals surface area contributed by atoms with Gasteiger partial charge in [-0.15, -0.1) is 0 Å². The maximum absolute atomic E-state index is 15.1. The third kappa shape index (κ3) is 37.0. The van der Waals surface area contributed by atoms with Crippen molar-refractivity contribution in [3.63, 3.8) is 0 Å². The number of carbonyl (C=O) groups is 15. The van der Waals surface area contributed by atoms with E-state index >= 15 is 19.2 Å². The molecule has 0 heterocycles. The maximum atomic E-state index is 15.1. The molecule has 0 aliphatic carbocycles. The maximum Gasteiger partial charge on any atom is 0.305 e. The first-order valence-electron chi connectivity index (χ1n) is 40.3. The number of amides is 12. The fourth-order valence-corrected chi connectivity index (χ4v) is 12.9. The number of carboxylic acid groups (broad SMARTS) is 3. The molecule has 0 fully saturated rings. The lowest BCUT2D eigenvalue weighted by molar-refractivity contribution is -0.150. The molecule has 34 nitrogen and oxygen atoms in total. The Hall–Kier alpha value is -12.8. The largest absolute Gasteiger partial charge is 0.481 e. The third-order valence-electron chi connectivity index (χ3n) is 19.7. The van der Waals surface area contributed by atoms with Crippen LogP contribution in [0.15, 0.2) is 182 Å². The van der Waals surface area contributed by atoms with Crippen LogP contribution < -0.4 is 28.3 Å². The highest BCUT2D eigenvalue weighted by Crippen LogP contribution is 2.15. The summed E-state index contributed by atoms with van der Waals surface area (Å²) in [6.45, 7) is -10.3. The molecule has 6 rings (SSSR count). The summed E-state index contributed by atoms with van der Waals surface area (Å²) in [5.41, 5.74) is 28.0. The molecule has 0 spiro atoms. The number of aliphatic carboxylic acids is 3. The second-order valence-electron chi connectivity index (χ2n) is 28.8. The fraction of sp³-hybridized carbons (Fsp3) is 0.414. The second kappa shape index (κ2) is 53.6. The lowest BCUT2D eigenvalue weighted by Crippen LogP contribution is -2.54. The van der Waals surface area contributed by atoms with Crippen molar-refractivity contribution < 1.29 is 87.2 Å². The van der Waals surface area contributed by atoms with E-state index in [1.807, 2.05) is 48.5 Å². The van der Waals surface area contributed by atoms with E-state index in [-0.39, 0.29) is 117 Å². The topological polar surface area (TPSA) is 468 Å². The zero-order chi connectivity index (χ0) is 87.9. The Morgan fingerprint density at radius 2 is 0.405 bits per heavy atom. The zero-order valence-corrected chi connectivity index (χ0v) is 68.5. The average Bonchev–Trinajstić information content (AvgIpc) is 0.854. The summed E-state index contributed by atoms with van der Waals surface area (Å²) in [5, 5.41) is 32.9. The number of benzene rings is 6. The molecule has 0 saturated heterocycles. The molecule has 0 bridgehead atoms. The lowest BCUT2D eigenvalue weighted by Gasteiger charge is -2.33. The first kappa shape index (κ1) is 97.0. The highest BCUT2D eigenvalue weighted by Gasteiger charge is 2.34. The van der Waals surface area contributed by atoms with Crippen molar-refractivity contribution in [2.24, 2.45) is 22.9 Å². The van der Waals surface area contributed by atoms with Crippen LogP contribution in [0.4, 0.5) is 0 Å². The molecule has 0 radical (unpaired) electrons. The van der Waals surface area contributed by atoms with Crippen LogP contribution >= 0.6 is 0 Å². The Kier molecular flexibility index (Phi) is 43.0. The second-order valence-corrected chi connectivity index (χ2v) is 28.8. The van der Waals surface area contributed by atoms with Gasteiger partial charge in [0.15, 0.2) is 0 Å². The van der Waals surface area contributed by atoms with Gasteiger partial charge in [-0.2, -0.15) is 0 Å². The van der Waals surface area contributed by atoms with Crippen molar-refractivity contribution in [2.75, 3.05) is 177 Å². The van der Waals surface area contributed by atoms with Gasteiger partial charge in [-0.1, -0.05) is 182 Å². The van der Waals surface area contributed by atoms with E-state index in [9.17, 15) is 68.1 Å². The van der Waals surface area contributed by atoms with E-state index in [0.29, 0.717) is 24.1 Å². The summed E-state index contributed by atoms with van der Waals surface area (Å²) < 4.78 is 0. The summed E-state index contributed by atoms with van der Waals surface area (Å²) in [7, 11) is 0. The van der Waals surface area contributed by atoms with Crippen molar-refractivity contribution in [3.05, 3.63) is 215 Å². The van der Waals surface area contributed by atoms with Gasteiger partial charge in [-0.05, 0) is 71.9 Å². The van der Waals surface area contributed by atoms with E-state index in [4.69, 9.17) is 22.9 Å². The van der Waals surface area contributed by atoms with Crippen molar-refractivity contribution in [1.29, 1.82) is 0 Å². The monoisotopic (exact) mass is 1670 g/mol. The van der Waals surface area contributed by atoms with E-state index in [1.54, 1.807) is 133 Å². The number of carbonyl (C=O) groups excluding carboxylic acids is 12. The van der Waals surface area contributed by atoms with Crippen LogP contribution in [0.5, 0.6) is 0 Å². The van der Waals surface area contributed by atoms with Gasteiger partial charge in [-0.25, -0.2) is 0 Å². The SMILES string of the molecule is NCCNCC(=O)N(CCc1ccccc1)CC(=O)N(CCN)CC(=O)N(CCc1ccccc1)CC(=O)N(CCN)CC(=O)N(CCc1ccccc1)CC(=O)N(CCC(=O)O)CC(=O)N(CCc1ccccc1)CC(=O)N(CCC(=O)O)CC(=O)N(CCc1ccccc1)CC(=O)N(CCC(=O)O)CC(=O)N(CCc1ccccc1)CC(N)=O. The van der Waals surface area contributed by atoms with Crippen molar-refractivity contribution in [2.45, 2.75) is 57.8 Å².